The first-order valence-corrected chi connectivity index (χ1v) is 13.4. The van der Waals surface area contributed by atoms with Crippen molar-refractivity contribution in [3.63, 3.8) is 0 Å². The third-order valence-corrected chi connectivity index (χ3v) is 7.22. The number of hydrogen-bond donors (Lipinski definition) is 2. The minimum atomic E-state index is -0.383. The predicted molar refractivity (Wildman–Crippen MR) is 145 cm³/mol. The van der Waals surface area contributed by atoms with Gasteiger partial charge in [-0.1, -0.05) is 43.3 Å². The van der Waals surface area contributed by atoms with Crippen molar-refractivity contribution in [2.75, 3.05) is 11.9 Å². The lowest BCUT2D eigenvalue weighted by molar-refractivity contribution is -0.120. The lowest BCUT2D eigenvalue weighted by Gasteiger charge is -2.20. The van der Waals surface area contributed by atoms with Gasteiger partial charge in [0.2, 0.25) is 0 Å². The zero-order chi connectivity index (χ0) is 25.3. The van der Waals surface area contributed by atoms with E-state index in [0.717, 1.165) is 47.9 Å². The van der Waals surface area contributed by atoms with Crippen LogP contribution >= 0.6 is 11.8 Å². The number of anilines is 1. The number of carbonyl (C=O) groups excluding carboxylic acids is 1. The quantitative estimate of drug-likeness (QED) is 0.281. The van der Waals surface area contributed by atoms with Crippen LogP contribution in [0.5, 0.6) is 5.75 Å². The van der Waals surface area contributed by atoms with E-state index in [9.17, 15) is 4.79 Å². The van der Waals surface area contributed by atoms with Gasteiger partial charge in [-0.3, -0.25) is 9.36 Å². The van der Waals surface area contributed by atoms with Crippen molar-refractivity contribution in [1.82, 2.24) is 20.2 Å². The van der Waals surface area contributed by atoms with Gasteiger partial charge in [-0.25, -0.2) is 5.43 Å². The van der Waals surface area contributed by atoms with Crippen LogP contribution in [0.2, 0.25) is 0 Å². The second-order valence-electron chi connectivity index (χ2n) is 8.87. The fourth-order valence-electron chi connectivity index (χ4n) is 4.11. The van der Waals surface area contributed by atoms with Crippen LogP contribution < -0.4 is 15.5 Å². The minimum Gasteiger partial charge on any atom is -0.494 e. The molecule has 1 saturated carbocycles. The molecule has 0 aliphatic heterocycles. The smallest absolute Gasteiger partial charge is 0.253 e. The number of aromatic nitrogens is 3. The molecule has 0 saturated heterocycles. The molecule has 9 heteroatoms. The Bertz CT molecular complexity index is 1160. The maximum Gasteiger partial charge on any atom is 0.253 e. The first-order valence-electron chi connectivity index (χ1n) is 12.5. The van der Waals surface area contributed by atoms with Gasteiger partial charge in [0.1, 0.15) is 5.75 Å². The average molecular weight is 507 g/mol. The molecule has 1 amide bonds. The Balaban J connectivity index is 1.47. The van der Waals surface area contributed by atoms with Gasteiger partial charge in [0.25, 0.3) is 5.91 Å². The zero-order valence-corrected chi connectivity index (χ0v) is 21.9. The molecule has 190 valence electrons. The Hall–Kier alpha value is -3.33. The molecule has 3 aromatic rings. The second-order valence-corrected chi connectivity index (χ2v) is 10.2. The van der Waals surface area contributed by atoms with Gasteiger partial charge in [-0.15, -0.1) is 10.2 Å². The second kappa shape index (κ2) is 12.6. The number of ether oxygens (including phenoxy) is 1. The van der Waals surface area contributed by atoms with Gasteiger partial charge in [0.05, 0.1) is 18.4 Å². The summed E-state index contributed by atoms with van der Waals surface area (Å²) in [4.78, 5) is 12.8. The van der Waals surface area contributed by atoms with Crippen LogP contribution in [0.25, 0.3) is 5.69 Å². The summed E-state index contributed by atoms with van der Waals surface area (Å²) >= 11 is 1.37. The highest BCUT2D eigenvalue weighted by Crippen LogP contribution is 2.27. The topological polar surface area (TPSA) is 93.4 Å². The number of hydrazone groups is 1. The summed E-state index contributed by atoms with van der Waals surface area (Å²) in [6, 6.07) is 17.8. The lowest BCUT2D eigenvalue weighted by atomic mass is 9.89. The predicted octanol–water partition coefficient (Wildman–Crippen LogP) is 5.44. The summed E-state index contributed by atoms with van der Waals surface area (Å²) in [5, 5.41) is 17.0. The number of thioether (sulfide) groups is 1. The summed E-state index contributed by atoms with van der Waals surface area (Å²) in [7, 11) is 0. The molecule has 2 aromatic carbocycles. The third kappa shape index (κ3) is 6.66. The fraction of sp³-hybridized carbons (Fsp3) is 0.407. The van der Waals surface area contributed by atoms with Gasteiger partial charge in [0, 0.05) is 17.1 Å². The molecule has 0 bridgehead atoms. The summed E-state index contributed by atoms with van der Waals surface area (Å²) in [6.45, 7) is 7.12. The van der Waals surface area contributed by atoms with Gasteiger partial charge < -0.3 is 10.1 Å². The van der Waals surface area contributed by atoms with E-state index in [1.807, 2.05) is 73.0 Å². The number of rotatable bonds is 10. The van der Waals surface area contributed by atoms with Gasteiger partial charge in [-0.05, 0) is 75.4 Å². The normalized spacial score (nSPS) is 17.5. The molecule has 0 unspecified atom stereocenters. The number of carbonyl (C=O) groups is 1. The number of amides is 1. The largest absolute Gasteiger partial charge is 0.494 e. The summed E-state index contributed by atoms with van der Waals surface area (Å²) < 4.78 is 7.51. The van der Waals surface area contributed by atoms with Crippen LogP contribution in [0.3, 0.4) is 0 Å². The number of para-hydroxylation sites is 1. The van der Waals surface area contributed by atoms with Crippen molar-refractivity contribution >= 4 is 29.1 Å². The lowest BCUT2D eigenvalue weighted by Crippen LogP contribution is -2.30. The van der Waals surface area contributed by atoms with Crippen LogP contribution in [-0.4, -0.2) is 38.2 Å². The molecule has 1 fully saturated rings. The molecule has 8 nitrogen and oxygen atoms in total. The van der Waals surface area contributed by atoms with Gasteiger partial charge >= 0.3 is 0 Å². The number of nitrogens with one attached hydrogen (secondary N) is 2. The van der Waals surface area contributed by atoms with Crippen LogP contribution in [0.4, 0.5) is 5.69 Å². The highest BCUT2D eigenvalue weighted by atomic mass is 32.2. The van der Waals surface area contributed by atoms with Crippen LogP contribution in [-0.2, 0) is 11.3 Å². The zero-order valence-electron chi connectivity index (χ0n) is 21.1. The molecular formula is C27H34N6O2S. The standard InChI is InChI=1S/C27H34N6O2S/c1-4-35-23-16-14-21(15-17-23)28-18-25-30-32-27(33(25)22-11-6-5-7-12-22)36-20(3)26(34)31-29-24-13-9-8-10-19(24)2/h5-7,11-12,14-17,19-20,28H,4,8-10,13,18H2,1-3H3,(H,31,34)/b29-24-/t19-,20-/m0/s1. The third-order valence-electron chi connectivity index (χ3n) is 6.18. The molecule has 4 rings (SSSR count). The van der Waals surface area contributed by atoms with E-state index in [0.29, 0.717) is 24.2 Å². The molecule has 0 spiro atoms. The van der Waals surface area contributed by atoms with Crippen molar-refractivity contribution < 1.29 is 9.53 Å². The SMILES string of the molecule is CCOc1ccc(NCc2nnc(S[C@@H](C)C(=O)N/N=C3/CCCC[C@@H]3C)n2-c2ccccc2)cc1. The highest BCUT2D eigenvalue weighted by Gasteiger charge is 2.22. The monoisotopic (exact) mass is 506 g/mol. The van der Waals surface area contributed by atoms with Crippen molar-refractivity contribution in [2.45, 2.75) is 63.4 Å². The Kier molecular flexibility index (Phi) is 9.00. The molecule has 1 aliphatic carbocycles. The molecule has 2 N–H and O–H groups in total. The molecule has 36 heavy (non-hydrogen) atoms. The molecule has 1 aromatic heterocycles. The van der Waals surface area contributed by atoms with Crippen LogP contribution in [0, 0.1) is 5.92 Å². The summed E-state index contributed by atoms with van der Waals surface area (Å²) in [5.41, 5.74) is 5.76. The van der Waals surface area contributed by atoms with E-state index < -0.39 is 0 Å². The van der Waals surface area contributed by atoms with E-state index in [-0.39, 0.29) is 11.2 Å². The molecular weight excluding hydrogens is 472 g/mol. The molecule has 2 atom stereocenters. The molecule has 1 aliphatic rings. The minimum absolute atomic E-state index is 0.137. The van der Waals surface area contributed by atoms with E-state index in [1.165, 1.54) is 18.2 Å². The maximum absolute atomic E-state index is 12.8. The van der Waals surface area contributed by atoms with Crippen molar-refractivity contribution in [3.8, 4) is 11.4 Å². The average Bonchev–Trinajstić information content (AvgIpc) is 3.30. The van der Waals surface area contributed by atoms with Crippen LogP contribution in [0.15, 0.2) is 64.9 Å². The highest BCUT2D eigenvalue weighted by molar-refractivity contribution is 8.00. The van der Waals surface area contributed by atoms with Crippen molar-refractivity contribution in [2.24, 2.45) is 11.0 Å². The Labute approximate surface area is 216 Å². The Morgan fingerprint density at radius 1 is 1.17 bits per heavy atom. The van der Waals surface area contributed by atoms with E-state index in [2.05, 4.69) is 33.0 Å². The van der Waals surface area contributed by atoms with E-state index in [1.54, 1.807) is 0 Å². The first kappa shape index (κ1) is 25.8. The van der Waals surface area contributed by atoms with E-state index >= 15 is 0 Å². The van der Waals surface area contributed by atoms with Gasteiger partial charge in [0.15, 0.2) is 11.0 Å². The molecule has 0 radical (unpaired) electrons. The number of benzene rings is 2. The Morgan fingerprint density at radius 3 is 2.67 bits per heavy atom. The number of hydrogen-bond acceptors (Lipinski definition) is 7. The van der Waals surface area contributed by atoms with Crippen LogP contribution in [0.1, 0.15) is 52.3 Å². The first-order chi connectivity index (χ1) is 17.5. The Morgan fingerprint density at radius 2 is 1.94 bits per heavy atom. The van der Waals surface area contributed by atoms with Gasteiger partial charge in [-0.2, -0.15) is 5.10 Å². The van der Waals surface area contributed by atoms with Crippen molar-refractivity contribution in [1.29, 1.82) is 0 Å². The van der Waals surface area contributed by atoms with Crippen molar-refractivity contribution in [3.05, 3.63) is 60.4 Å². The van der Waals surface area contributed by atoms with E-state index in [4.69, 9.17) is 4.74 Å². The summed E-state index contributed by atoms with van der Waals surface area (Å²) in [6.07, 6.45) is 4.45. The summed E-state index contributed by atoms with van der Waals surface area (Å²) in [5.74, 6) is 1.88. The fourth-order valence-corrected chi connectivity index (χ4v) is 4.99. The molecule has 1 heterocycles. The number of nitrogens with zero attached hydrogens (tertiary/aromatic N) is 4. The maximum atomic E-state index is 12.8.